The fourth-order valence-electron chi connectivity index (χ4n) is 3.15. The highest BCUT2D eigenvalue weighted by molar-refractivity contribution is 9.10. The zero-order chi connectivity index (χ0) is 26.5. The number of sulfonamides is 2. The van der Waals surface area contributed by atoms with E-state index in [0.29, 0.717) is 22.9 Å². The monoisotopic (exact) mass is 597 g/mol. The van der Waals surface area contributed by atoms with Crippen molar-refractivity contribution in [2.45, 2.75) is 4.90 Å². The molecule has 0 spiro atoms. The number of nitrogens with one attached hydrogen (secondary N) is 2. The van der Waals surface area contributed by atoms with Crippen LogP contribution in [0.1, 0.15) is 0 Å². The third-order valence-electron chi connectivity index (χ3n) is 4.90. The van der Waals surface area contributed by atoms with Crippen LogP contribution in [0.4, 0.5) is 17.1 Å². The first-order valence-corrected chi connectivity index (χ1v) is 14.4. The number of carbonyl (C=O) groups excluding carboxylic acids is 1. The minimum absolute atomic E-state index is 0.0574. The Morgan fingerprint density at radius 1 is 0.917 bits per heavy atom. The molecule has 0 saturated heterocycles. The molecule has 192 valence electrons. The standard InChI is InChI=1S/C23H24BrN3O7S2/c1-33-19-10-13-22(34-2)21(14-19)26-36(31,32)20-11-6-17(7-12-20)25-23(28)15-27(35(3,29)30)18-8-4-16(24)5-9-18/h4-14,26H,15H2,1-3H3,(H,25,28). The van der Waals surface area contributed by atoms with Crippen molar-refractivity contribution in [1.82, 2.24) is 0 Å². The van der Waals surface area contributed by atoms with Crippen LogP contribution in [-0.2, 0) is 24.8 Å². The first-order chi connectivity index (χ1) is 16.9. The average Bonchev–Trinajstić information content (AvgIpc) is 2.82. The van der Waals surface area contributed by atoms with Crippen molar-refractivity contribution in [3.8, 4) is 11.5 Å². The Morgan fingerprint density at radius 2 is 1.56 bits per heavy atom. The van der Waals surface area contributed by atoms with Crippen LogP contribution in [0.25, 0.3) is 0 Å². The van der Waals surface area contributed by atoms with E-state index in [-0.39, 0.29) is 10.6 Å². The van der Waals surface area contributed by atoms with Crippen molar-refractivity contribution >= 4 is 58.9 Å². The van der Waals surface area contributed by atoms with Gasteiger partial charge in [0.05, 0.1) is 36.7 Å². The molecular formula is C23H24BrN3O7S2. The molecule has 1 amide bonds. The van der Waals surface area contributed by atoms with Gasteiger partial charge in [-0.15, -0.1) is 0 Å². The van der Waals surface area contributed by atoms with Crippen LogP contribution < -0.4 is 23.8 Å². The van der Waals surface area contributed by atoms with Crippen LogP contribution in [0.2, 0.25) is 0 Å². The van der Waals surface area contributed by atoms with E-state index in [1.165, 1.54) is 44.6 Å². The first kappa shape index (κ1) is 27.3. The van der Waals surface area contributed by atoms with E-state index in [9.17, 15) is 21.6 Å². The molecule has 0 aromatic heterocycles. The third-order valence-corrected chi connectivity index (χ3v) is 7.95. The number of nitrogens with zero attached hydrogens (tertiary/aromatic N) is 1. The van der Waals surface area contributed by atoms with Crippen LogP contribution >= 0.6 is 15.9 Å². The summed E-state index contributed by atoms with van der Waals surface area (Å²) in [5, 5.41) is 2.58. The van der Waals surface area contributed by atoms with Crippen LogP contribution in [0.3, 0.4) is 0 Å². The van der Waals surface area contributed by atoms with Gasteiger partial charge in [-0.05, 0) is 60.7 Å². The maximum atomic E-state index is 12.9. The summed E-state index contributed by atoms with van der Waals surface area (Å²) in [6.07, 6.45) is 1.01. The van der Waals surface area contributed by atoms with Gasteiger partial charge in [0, 0.05) is 16.2 Å². The van der Waals surface area contributed by atoms with Gasteiger partial charge in [-0.1, -0.05) is 15.9 Å². The van der Waals surface area contributed by atoms with Crippen molar-refractivity contribution < 1.29 is 31.1 Å². The number of amides is 1. The maximum absolute atomic E-state index is 12.9. The number of carbonyl (C=O) groups is 1. The number of rotatable bonds is 10. The number of hydrogen-bond acceptors (Lipinski definition) is 7. The SMILES string of the molecule is COc1ccc(OC)c(NS(=O)(=O)c2ccc(NC(=O)CN(c3ccc(Br)cc3)S(C)(=O)=O)cc2)c1. The number of benzene rings is 3. The summed E-state index contributed by atoms with van der Waals surface area (Å²) >= 11 is 3.29. The smallest absolute Gasteiger partial charge is 0.262 e. The normalized spacial score (nSPS) is 11.4. The summed E-state index contributed by atoms with van der Waals surface area (Å²) in [5.74, 6) is 0.153. The first-order valence-electron chi connectivity index (χ1n) is 10.3. The number of ether oxygens (including phenoxy) is 2. The zero-order valence-corrected chi connectivity index (χ0v) is 22.8. The second-order valence-corrected chi connectivity index (χ2v) is 12.0. The second-order valence-electron chi connectivity index (χ2n) is 7.49. The van der Waals surface area contributed by atoms with Crippen molar-refractivity contribution in [1.29, 1.82) is 0 Å². The molecule has 0 unspecified atom stereocenters. The molecule has 0 radical (unpaired) electrons. The molecule has 2 N–H and O–H groups in total. The van der Waals surface area contributed by atoms with Crippen molar-refractivity contribution in [2.75, 3.05) is 41.4 Å². The van der Waals surface area contributed by atoms with Gasteiger partial charge >= 0.3 is 0 Å². The van der Waals surface area contributed by atoms with Gasteiger partial charge < -0.3 is 14.8 Å². The lowest BCUT2D eigenvalue weighted by atomic mass is 10.3. The molecule has 0 aliphatic carbocycles. The molecule has 0 fully saturated rings. The predicted molar refractivity (Wildman–Crippen MR) is 142 cm³/mol. The molecule has 36 heavy (non-hydrogen) atoms. The number of methoxy groups -OCH3 is 2. The Bertz CT molecular complexity index is 1440. The zero-order valence-electron chi connectivity index (χ0n) is 19.6. The fraction of sp³-hybridized carbons (Fsp3) is 0.174. The van der Waals surface area contributed by atoms with E-state index < -0.39 is 32.5 Å². The summed E-state index contributed by atoms with van der Waals surface area (Å²) in [4.78, 5) is 12.5. The molecule has 0 aliphatic rings. The summed E-state index contributed by atoms with van der Waals surface area (Å²) < 4.78 is 64.7. The molecule has 10 nitrogen and oxygen atoms in total. The Balaban J connectivity index is 1.73. The van der Waals surface area contributed by atoms with Gasteiger partial charge in [0.1, 0.15) is 18.0 Å². The lowest BCUT2D eigenvalue weighted by Crippen LogP contribution is -2.37. The molecule has 0 bridgehead atoms. The highest BCUT2D eigenvalue weighted by Crippen LogP contribution is 2.31. The third kappa shape index (κ3) is 6.89. The van der Waals surface area contributed by atoms with Gasteiger partial charge in [0.15, 0.2) is 0 Å². The second kappa shape index (κ2) is 11.2. The summed E-state index contributed by atoms with van der Waals surface area (Å²) in [6.45, 7) is -0.461. The predicted octanol–water partition coefficient (Wildman–Crippen LogP) is 3.67. The molecular weight excluding hydrogens is 574 g/mol. The van der Waals surface area contributed by atoms with Crippen LogP contribution in [-0.4, -0.2) is 49.8 Å². The summed E-state index contributed by atoms with van der Waals surface area (Å²) in [5.41, 5.74) is 0.821. The summed E-state index contributed by atoms with van der Waals surface area (Å²) in [6, 6.07) is 16.6. The average molecular weight is 598 g/mol. The van der Waals surface area contributed by atoms with Crippen LogP contribution in [0, 0.1) is 0 Å². The molecule has 0 heterocycles. The molecule has 0 atom stereocenters. The molecule has 0 aliphatic heterocycles. The number of anilines is 3. The van der Waals surface area contributed by atoms with E-state index >= 15 is 0 Å². The van der Waals surface area contributed by atoms with E-state index in [0.717, 1.165) is 15.0 Å². The van der Waals surface area contributed by atoms with Gasteiger partial charge in [0.25, 0.3) is 10.0 Å². The molecule has 3 aromatic rings. The Kier molecular flexibility index (Phi) is 8.48. The highest BCUT2D eigenvalue weighted by Gasteiger charge is 2.21. The van der Waals surface area contributed by atoms with Gasteiger partial charge in [-0.25, -0.2) is 16.8 Å². The lowest BCUT2D eigenvalue weighted by Gasteiger charge is -2.22. The van der Waals surface area contributed by atoms with Gasteiger partial charge in [-0.2, -0.15) is 0 Å². The van der Waals surface area contributed by atoms with E-state index in [4.69, 9.17) is 9.47 Å². The number of hydrogen-bond donors (Lipinski definition) is 2. The van der Waals surface area contributed by atoms with E-state index in [2.05, 4.69) is 26.0 Å². The Morgan fingerprint density at radius 3 is 2.11 bits per heavy atom. The van der Waals surface area contributed by atoms with Crippen molar-refractivity contribution in [3.63, 3.8) is 0 Å². The fourth-order valence-corrected chi connectivity index (χ4v) is 5.34. The molecule has 13 heteroatoms. The van der Waals surface area contributed by atoms with E-state index in [1.807, 2.05) is 0 Å². The summed E-state index contributed by atoms with van der Waals surface area (Å²) in [7, 11) is -4.84. The van der Waals surface area contributed by atoms with Gasteiger partial charge in [-0.3, -0.25) is 13.8 Å². The minimum Gasteiger partial charge on any atom is -0.497 e. The van der Waals surface area contributed by atoms with Crippen LogP contribution in [0.5, 0.6) is 11.5 Å². The lowest BCUT2D eigenvalue weighted by molar-refractivity contribution is -0.114. The Hall–Kier alpha value is -3.29. The molecule has 3 aromatic carbocycles. The van der Waals surface area contributed by atoms with Crippen molar-refractivity contribution in [2.24, 2.45) is 0 Å². The Labute approximate surface area is 218 Å². The van der Waals surface area contributed by atoms with Crippen molar-refractivity contribution in [3.05, 3.63) is 71.2 Å². The van der Waals surface area contributed by atoms with Crippen LogP contribution in [0.15, 0.2) is 76.1 Å². The quantitative estimate of drug-likeness (QED) is 0.364. The topological polar surface area (TPSA) is 131 Å². The number of halogens is 1. The maximum Gasteiger partial charge on any atom is 0.262 e. The minimum atomic E-state index is -3.98. The van der Waals surface area contributed by atoms with E-state index in [1.54, 1.807) is 36.4 Å². The van der Waals surface area contributed by atoms with Gasteiger partial charge in [0.2, 0.25) is 15.9 Å². The molecule has 0 saturated carbocycles. The largest absolute Gasteiger partial charge is 0.497 e. The molecule has 3 rings (SSSR count). The highest BCUT2D eigenvalue weighted by atomic mass is 79.9.